The van der Waals surface area contributed by atoms with Crippen LogP contribution < -0.4 is 0 Å². The van der Waals surface area contributed by atoms with Gasteiger partial charge in [-0.3, -0.25) is 19.2 Å². The summed E-state index contributed by atoms with van der Waals surface area (Å²) in [7, 11) is 0. The fourth-order valence-electron chi connectivity index (χ4n) is 10.0. The summed E-state index contributed by atoms with van der Waals surface area (Å²) in [5.41, 5.74) is -5.00. The first-order chi connectivity index (χ1) is 24.0. The van der Waals surface area contributed by atoms with Crippen molar-refractivity contribution in [3.8, 4) is 0 Å². The van der Waals surface area contributed by atoms with E-state index in [4.69, 9.17) is 14.2 Å². The molecule has 4 heterocycles. The van der Waals surface area contributed by atoms with Gasteiger partial charge < -0.3 is 29.1 Å². The van der Waals surface area contributed by atoms with Crippen molar-refractivity contribution in [2.45, 2.75) is 89.3 Å². The van der Waals surface area contributed by atoms with Gasteiger partial charge in [0.05, 0.1) is 17.6 Å². The Balaban J connectivity index is 1.09. The summed E-state index contributed by atoms with van der Waals surface area (Å²) in [6.07, 6.45) is -4.52. The zero-order valence-electron chi connectivity index (χ0n) is 28.7. The molecule has 6 aliphatic rings. The van der Waals surface area contributed by atoms with Gasteiger partial charge >= 0.3 is 17.9 Å². The van der Waals surface area contributed by atoms with Crippen LogP contribution in [0.2, 0.25) is 0 Å². The van der Waals surface area contributed by atoms with E-state index in [1.54, 1.807) is 62.1 Å². The highest BCUT2D eigenvalue weighted by atomic mass is 19.3. The Morgan fingerprint density at radius 3 is 2.31 bits per heavy atom. The van der Waals surface area contributed by atoms with Crippen molar-refractivity contribution in [3.05, 3.63) is 70.8 Å². The van der Waals surface area contributed by atoms with Crippen LogP contribution in [-0.2, 0) is 41.4 Å². The van der Waals surface area contributed by atoms with Crippen LogP contribution >= 0.6 is 0 Å². The van der Waals surface area contributed by atoms with E-state index in [-0.39, 0.29) is 36.8 Å². The lowest BCUT2D eigenvalue weighted by atomic mass is 9.52. The summed E-state index contributed by atoms with van der Waals surface area (Å²) in [6.45, 7) is 6.04. The van der Waals surface area contributed by atoms with Crippen LogP contribution in [0.5, 0.6) is 0 Å². The van der Waals surface area contributed by atoms with Gasteiger partial charge in [-0.1, -0.05) is 45.0 Å². The topological polar surface area (TPSA) is 140 Å². The van der Waals surface area contributed by atoms with Crippen molar-refractivity contribution in [2.24, 2.45) is 22.2 Å². The number of piperidine rings is 1. The third-order valence-corrected chi connectivity index (χ3v) is 12.5. The molecule has 0 bridgehead atoms. The Hall–Kier alpha value is -4.39. The van der Waals surface area contributed by atoms with Gasteiger partial charge in [-0.15, -0.1) is 0 Å². The molecule has 1 unspecified atom stereocenters. The lowest BCUT2D eigenvalue weighted by molar-refractivity contribution is -0.212. The predicted molar refractivity (Wildman–Crippen MR) is 173 cm³/mol. The molecule has 2 spiro atoms. The van der Waals surface area contributed by atoms with Crippen LogP contribution in [0.25, 0.3) is 0 Å². The maximum Gasteiger partial charge on any atom is 0.338 e. The number of rotatable bonds is 5. The summed E-state index contributed by atoms with van der Waals surface area (Å²) >= 11 is 0. The third-order valence-electron chi connectivity index (χ3n) is 12.5. The zero-order valence-corrected chi connectivity index (χ0v) is 28.7. The number of hydrogen-bond acceptors (Lipinski definition) is 9. The van der Waals surface area contributed by atoms with E-state index < -0.39 is 82.9 Å². The van der Waals surface area contributed by atoms with Crippen molar-refractivity contribution in [1.29, 1.82) is 0 Å². The number of likely N-dealkylation sites (tertiary alicyclic amines) is 2. The maximum absolute atomic E-state index is 14.7. The molecule has 51 heavy (non-hydrogen) atoms. The molecule has 6 atom stereocenters. The van der Waals surface area contributed by atoms with Crippen molar-refractivity contribution in [1.82, 2.24) is 9.80 Å². The summed E-state index contributed by atoms with van der Waals surface area (Å²) in [5, 5.41) is 12.9. The van der Waals surface area contributed by atoms with Crippen molar-refractivity contribution in [3.63, 3.8) is 0 Å². The molecule has 0 aromatic heterocycles. The van der Waals surface area contributed by atoms with Gasteiger partial charge in [0.25, 0.3) is 17.7 Å². The Kier molecular flexibility index (Phi) is 7.31. The molecule has 4 aliphatic heterocycles. The summed E-state index contributed by atoms with van der Waals surface area (Å²) in [6, 6.07) is 12.8. The van der Waals surface area contributed by atoms with E-state index in [0.717, 1.165) is 0 Å². The monoisotopic (exact) mass is 706 g/mol. The normalized spacial score (nSPS) is 33.8. The molecule has 4 saturated heterocycles. The number of carbonyl (C=O) groups is 5. The maximum atomic E-state index is 14.7. The minimum atomic E-state index is -2.82. The highest BCUT2D eigenvalue weighted by Crippen LogP contribution is 2.76. The molecule has 1 N–H and O–H groups in total. The van der Waals surface area contributed by atoms with Crippen molar-refractivity contribution < 1.29 is 52.1 Å². The number of fused-ring (bicyclic) bond motifs is 1. The molecular weight excluding hydrogens is 666 g/mol. The first-order valence-corrected chi connectivity index (χ1v) is 17.5. The Bertz CT molecular complexity index is 1850. The number of alkyl halides is 2. The molecule has 8 rings (SSSR count). The second-order valence-corrected chi connectivity index (χ2v) is 16.1. The van der Waals surface area contributed by atoms with Crippen molar-refractivity contribution in [2.75, 3.05) is 19.6 Å². The van der Waals surface area contributed by atoms with Gasteiger partial charge in [0.15, 0.2) is 12.3 Å². The first kappa shape index (κ1) is 33.7. The van der Waals surface area contributed by atoms with E-state index in [9.17, 15) is 37.9 Å². The average molecular weight is 707 g/mol. The smallest absolute Gasteiger partial charge is 0.338 e. The number of halogens is 2. The highest BCUT2D eigenvalue weighted by molar-refractivity contribution is 5.99. The van der Waals surface area contributed by atoms with Gasteiger partial charge in [0.2, 0.25) is 0 Å². The number of amides is 2. The quantitative estimate of drug-likeness (QED) is 0.364. The van der Waals surface area contributed by atoms with E-state index in [2.05, 4.69) is 0 Å². The molecule has 0 radical (unpaired) electrons. The minimum Gasteiger partial charge on any atom is -0.461 e. The second-order valence-electron chi connectivity index (χ2n) is 16.1. The summed E-state index contributed by atoms with van der Waals surface area (Å²) in [5.74, 6) is -6.18. The van der Waals surface area contributed by atoms with Gasteiger partial charge in [-0.25, -0.2) is 13.6 Å². The molecule has 2 aromatic rings. The van der Waals surface area contributed by atoms with Crippen LogP contribution in [0.4, 0.5) is 8.78 Å². The minimum absolute atomic E-state index is 0.0731. The molecule has 2 aromatic carbocycles. The summed E-state index contributed by atoms with van der Waals surface area (Å²) in [4.78, 5) is 71.8. The number of esters is 3. The molecule has 11 nitrogen and oxygen atoms in total. The first-order valence-electron chi connectivity index (χ1n) is 17.5. The lowest BCUT2D eigenvalue weighted by Gasteiger charge is -2.51. The number of ether oxygens (including phenoxy) is 3. The lowest BCUT2D eigenvalue weighted by Crippen LogP contribution is -2.66. The van der Waals surface area contributed by atoms with Gasteiger partial charge in [0, 0.05) is 44.5 Å². The van der Waals surface area contributed by atoms with E-state index >= 15 is 0 Å². The van der Waals surface area contributed by atoms with Crippen LogP contribution in [0.1, 0.15) is 78.3 Å². The van der Waals surface area contributed by atoms with E-state index in [1.165, 1.54) is 17.0 Å². The second kappa shape index (κ2) is 11.1. The van der Waals surface area contributed by atoms with Crippen LogP contribution in [0, 0.1) is 22.2 Å². The zero-order chi connectivity index (χ0) is 36.3. The Labute approximate surface area is 293 Å². The fraction of sp³-hybridized carbons (Fsp3) is 0.553. The van der Waals surface area contributed by atoms with Gasteiger partial charge in [0.1, 0.15) is 16.9 Å². The van der Waals surface area contributed by atoms with Crippen LogP contribution in [-0.4, -0.2) is 94.2 Å². The highest BCUT2D eigenvalue weighted by Gasteiger charge is 2.93. The number of hydrogen-bond donors (Lipinski definition) is 1. The molecular formula is C38H40F2N2O9. The van der Waals surface area contributed by atoms with Crippen LogP contribution in [0.15, 0.2) is 48.5 Å². The van der Waals surface area contributed by atoms with Gasteiger partial charge in [-0.2, -0.15) is 0 Å². The Morgan fingerprint density at radius 2 is 1.63 bits per heavy atom. The molecule has 1 saturated carbocycles. The van der Waals surface area contributed by atoms with Crippen molar-refractivity contribution >= 4 is 29.7 Å². The van der Waals surface area contributed by atoms with E-state index in [0.29, 0.717) is 42.6 Å². The largest absolute Gasteiger partial charge is 0.461 e. The standard InChI is InChI=1S/C38H40F2N2O9/c1-34(2,3)37(48)18-26-36(19-27(43)49-26)33(47)51-32-38(36,37)28(50-31(46)22-7-5-4-6-8-22)30(45)42(32)20-21-11-13-41(14-12-21)29(44)23-9-10-24-16-35(39,40)17-25(24)15-23/h4-10,15,21,26,28,32,48H,11-14,16-20H2,1-3H3/t26-,28-,32-,36-,37+,38?/m0/s1. The predicted octanol–water partition coefficient (Wildman–Crippen LogP) is 3.69. The number of aliphatic hydroxyl groups is 1. The van der Waals surface area contributed by atoms with Crippen LogP contribution in [0.3, 0.4) is 0 Å². The number of benzene rings is 2. The SMILES string of the molecule is CC(C)(C)[C@]1(O)C[C@@H]2OC(=O)C[C@@]23C(=O)O[C@@H]2N(CC4CCN(C(=O)c5ccc6c(c5)CC(F)(F)C6)CC4)C(=O)[C@H](OC(=O)c4ccccc4)C213. The average Bonchev–Trinajstić information content (AvgIpc) is 3.78. The number of carbonyl (C=O) groups excluding carboxylic acids is 5. The van der Waals surface area contributed by atoms with Gasteiger partial charge in [-0.05, 0) is 59.6 Å². The molecule has 13 heteroatoms. The molecule has 2 amide bonds. The molecule has 2 aliphatic carbocycles. The van der Waals surface area contributed by atoms with E-state index in [1.807, 2.05) is 0 Å². The number of nitrogens with zero attached hydrogens (tertiary/aromatic N) is 2. The third kappa shape index (κ3) is 4.58. The summed E-state index contributed by atoms with van der Waals surface area (Å²) < 4.78 is 45.8. The molecule has 5 fully saturated rings. The Morgan fingerprint density at radius 1 is 0.941 bits per heavy atom. The molecule has 270 valence electrons. The fourth-order valence-corrected chi connectivity index (χ4v) is 10.0.